The van der Waals surface area contributed by atoms with Crippen molar-refractivity contribution in [3.63, 3.8) is 0 Å². The molecule has 2 aromatic carbocycles. The Labute approximate surface area is 96.2 Å². The first-order valence-corrected chi connectivity index (χ1v) is 5.37. The maximum atomic E-state index is 11.1. The van der Waals surface area contributed by atoms with Crippen LogP contribution in [0.15, 0.2) is 34.8 Å². The number of amides is 1. The van der Waals surface area contributed by atoms with Gasteiger partial charge in [0.25, 0.3) is 0 Å². The summed E-state index contributed by atoms with van der Waals surface area (Å²) < 4.78 is 1.03. The third-order valence-electron chi connectivity index (χ3n) is 2.41. The molecule has 0 radical (unpaired) electrons. The standard InChI is InChI=1S/C12H10BrNO/c1-7-4-9-5-10(13)3-2-8(9)6-11(7)12(14)15/h2-6H,1H3,(H2,14,15). The number of hydrogen-bond donors (Lipinski definition) is 1. The number of nitrogens with two attached hydrogens (primary N) is 1. The van der Waals surface area contributed by atoms with E-state index in [4.69, 9.17) is 5.73 Å². The molecule has 0 aliphatic rings. The van der Waals surface area contributed by atoms with Gasteiger partial charge in [0.05, 0.1) is 0 Å². The minimum absolute atomic E-state index is 0.377. The van der Waals surface area contributed by atoms with Crippen LogP contribution in [-0.4, -0.2) is 5.91 Å². The van der Waals surface area contributed by atoms with Gasteiger partial charge in [-0.25, -0.2) is 0 Å². The van der Waals surface area contributed by atoms with E-state index in [0.29, 0.717) is 5.56 Å². The fourth-order valence-corrected chi connectivity index (χ4v) is 2.03. The van der Waals surface area contributed by atoms with Gasteiger partial charge in [-0.2, -0.15) is 0 Å². The van der Waals surface area contributed by atoms with Crippen LogP contribution >= 0.6 is 15.9 Å². The monoisotopic (exact) mass is 263 g/mol. The van der Waals surface area contributed by atoms with Gasteiger partial charge < -0.3 is 5.73 Å². The first kappa shape index (κ1) is 10.2. The van der Waals surface area contributed by atoms with Gasteiger partial charge in [0.2, 0.25) is 5.91 Å². The lowest BCUT2D eigenvalue weighted by atomic mass is 10.0. The number of aryl methyl sites for hydroxylation is 1. The van der Waals surface area contributed by atoms with Crippen molar-refractivity contribution in [1.29, 1.82) is 0 Å². The number of halogens is 1. The van der Waals surface area contributed by atoms with Crippen molar-refractivity contribution in [2.45, 2.75) is 6.92 Å². The highest BCUT2D eigenvalue weighted by Gasteiger charge is 2.06. The molecule has 2 aromatic rings. The van der Waals surface area contributed by atoms with Crippen LogP contribution in [0.3, 0.4) is 0 Å². The average Bonchev–Trinajstić information content (AvgIpc) is 2.15. The van der Waals surface area contributed by atoms with Gasteiger partial charge in [-0.1, -0.05) is 28.1 Å². The molecule has 0 bridgehead atoms. The van der Waals surface area contributed by atoms with E-state index in [1.807, 2.05) is 37.3 Å². The van der Waals surface area contributed by atoms with Gasteiger partial charge in [-0.15, -0.1) is 0 Å². The van der Waals surface area contributed by atoms with Crippen LogP contribution in [0.25, 0.3) is 10.8 Å². The molecular formula is C12H10BrNO. The van der Waals surface area contributed by atoms with E-state index in [9.17, 15) is 4.79 Å². The Balaban J connectivity index is 2.76. The number of fused-ring (bicyclic) bond motifs is 1. The van der Waals surface area contributed by atoms with Crippen molar-refractivity contribution in [2.24, 2.45) is 5.73 Å². The lowest BCUT2D eigenvalue weighted by Gasteiger charge is -2.05. The van der Waals surface area contributed by atoms with Gasteiger partial charge >= 0.3 is 0 Å². The zero-order valence-electron chi connectivity index (χ0n) is 8.25. The SMILES string of the molecule is Cc1cc2cc(Br)ccc2cc1C(N)=O. The molecule has 2 nitrogen and oxygen atoms in total. The molecule has 0 aliphatic heterocycles. The van der Waals surface area contributed by atoms with Crippen LogP contribution in [0.5, 0.6) is 0 Å². The number of primary amides is 1. The predicted molar refractivity (Wildman–Crippen MR) is 64.9 cm³/mol. The Hall–Kier alpha value is -1.35. The molecule has 2 rings (SSSR count). The lowest BCUT2D eigenvalue weighted by molar-refractivity contribution is 0.1000. The normalized spacial score (nSPS) is 10.5. The molecule has 15 heavy (non-hydrogen) atoms. The summed E-state index contributed by atoms with van der Waals surface area (Å²) in [6.07, 6.45) is 0. The summed E-state index contributed by atoms with van der Waals surface area (Å²) in [4.78, 5) is 11.1. The summed E-state index contributed by atoms with van der Waals surface area (Å²) in [5, 5.41) is 2.13. The molecule has 0 unspecified atom stereocenters. The van der Waals surface area contributed by atoms with Gasteiger partial charge in [0.1, 0.15) is 0 Å². The van der Waals surface area contributed by atoms with Crippen LogP contribution in [0.1, 0.15) is 15.9 Å². The van der Waals surface area contributed by atoms with Gasteiger partial charge in [-0.05, 0) is 41.5 Å². The highest BCUT2D eigenvalue weighted by atomic mass is 79.9. The Morgan fingerprint density at radius 1 is 1.20 bits per heavy atom. The fraction of sp³-hybridized carbons (Fsp3) is 0.0833. The molecule has 0 atom stereocenters. The molecule has 3 heteroatoms. The van der Waals surface area contributed by atoms with Crippen molar-refractivity contribution in [3.8, 4) is 0 Å². The van der Waals surface area contributed by atoms with Crippen molar-refractivity contribution in [2.75, 3.05) is 0 Å². The van der Waals surface area contributed by atoms with Crippen molar-refractivity contribution >= 4 is 32.6 Å². The van der Waals surface area contributed by atoms with E-state index in [1.54, 1.807) is 0 Å². The first-order chi connectivity index (χ1) is 7.08. The minimum atomic E-state index is -0.377. The second kappa shape index (κ2) is 3.66. The van der Waals surface area contributed by atoms with Crippen LogP contribution in [0.2, 0.25) is 0 Å². The van der Waals surface area contributed by atoms with E-state index in [1.165, 1.54) is 0 Å². The summed E-state index contributed by atoms with van der Waals surface area (Å²) in [5.41, 5.74) is 6.79. The summed E-state index contributed by atoms with van der Waals surface area (Å²) in [6.45, 7) is 1.89. The second-order valence-corrected chi connectivity index (χ2v) is 4.44. The summed E-state index contributed by atoms with van der Waals surface area (Å²) >= 11 is 3.41. The molecule has 2 N–H and O–H groups in total. The predicted octanol–water partition coefficient (Wildman–Crippen LogP) is 3.01. The summed E-state index contributed by atoms with van der Waals surface area (Å²) in [6, 6.07) is 9.74. The second-order valence-electron chi connectivity index (χ2n) is 3.52. The van der Waals surface area contributed by atoms with Gasteiger partial charge in [-0.3, -0.25) is 4.79 Å². The number of rotatable bonds is 1. The third-order valence-corrected chi connectivity index (χ3v) is 2.90. The van der Waals surface area contributed by atoms with Crippen molar-refractivity contribution in [1.82, 2.24) is 0 Å². The Bertz CT molecular complexity index is 549. The first-order valence-electron chi connectivity index (χ1n) is 4.57. The number of hydrogen-bond acceptors (Lipinski definition) is 1. The van der Waals surface area contributed by atoms with E-state index in [-0.39, 0.29) is 5.91 Å². The number of carbonyl (C=O) groups is 1. The number of carbonyl (C=O) groups excluding carboxylic acids is 1. The minimum Gasteiger partial charge on any atom is -0.366 e. The Morgan fingerprint density at radius 3 is 2.60 bits per heavy atom. The van der Waals surface area contributed by atoms with Crippen molar-refractivity contribution in [3.05, 3.63) is 45.9 Å². The smallest absolute Gasteiger partial charge is 0.248 e. The largest absolute Gasteiger partial charge is 0.366 e. The van der Waals surface area contributed by atoms with Crippen LogP contribution < -0.4 is 5.73 Å². The number of benzene rings is 2. The van der Waals surface area contributed by atoms with Gasteiger partial charge in [0, 0.05) is 10.0 Å². The average molecular weight is 264 g/mol. The molecule has 1 amide bonds. The van der Waals surface area contributed by atoms with Crippen LogP contribution in [0, 0.1) is 6.92 Å². The molecule has 0 aromatic heterocycles. The maximum absolute atomic E-state index is 11.1. The molecule has 0 saturated heterocycles. The van der Waals surface area contributed by atoms with Crippen LogP contribution in [-0.2, 0) is 0 Å². The summed E-state index contributed by atoms with van der Waals surface area (Å²) in [5.74, 6) is -0.377. The van der Waals surface area contributed by atoms with Gasteiger partial charge in [0.15, 0.2) is 0 Å². The highest BCUT2D eigenvalue weighted by Crippen LogP contribution is 2.23. The molecule has 0 spiro atoms. The Morgan fingerprint density at radius 2 is 1.93 bits per heavy atom. The molecule has 0 fully saturated rings. The third kappa shape index (κ3) is 1.88. The fourth-order valence-electron chi connectivity index (χ4n) is 1.65. The Kier molecular flexibility index (Phi) is 2.49. The highest BCUT2D eigenvalue weighted by molar-refractivity contribution is 9.10. The maximum Gasteiger partial charge on any atom is 0.248 e. The molecular weight excluding hydrogens is 254 g/mol. The molecule has 0 saturated carbocycles. The van der Waals surface area contributed by atoms with E-state index < -0.39 is 0 Å². The summed E-state index contributed by atoms with van der Waals surface area (Å²) in [7, 11) is 0. The van der Waals surface area contributed by atoms with E-state index in [2.05, 4.69) is 15.9 Å². The zero-order valence-corrected chi connectivity index (χ0v) is 9.84. The molecule has 76 valence electrons. The van der Waals surface area contributed by atoms with E-state index >= 15 is 0 Å². The van der Waals surface area contributed by atoms with Crippen LogP contribution in [0.4, 0.5) is 0 Å². The zero-order chi connectivity index (χ0) is 11.0. The van der Waals surface area contributed by atoms with Crippen molar-refractivity contribution < 1.29 is 4.79 Å². The van der Waals surface area contributed by atoms with E-state index in [0.717, 1.165) is 20.8 Å². The quantitative estimate of drug-likeness (QED) is 0.845. The topological polar surface area (TPSA) is 43.1 Å². The molecule has 0 aliphatic carbocycles. The molecule has 0 heterocycles. The lowest BCUT2D eigenvalue weighted by Crippen LogP contribution is -2.12.